The Balaban J connectivity index is 3.19. The van der Waals surface area contributed by atoms with Gasteiger partial charge >= 0.3 is 6.18 Å². The molecule has 1 nitrogen and oxygen atoms in total. The fourth-order valence-electron chi connectivity index (χ4n) is 1.40. The minimum absolute atomic E-state index is 0.234. The molecule has 0 amide bonds. The smallest absolute Gasteiger partial charge is 0.419 e. The van der Waals surface area contributed by atoms with Gasteiger partial charge in [-0.15, -0.1) is 0 Å². The molecule has 0 saturated heterocycles. The van der Waals surface area contributed by atoms with E-state index in [1.807, 2.05) is 13.1 Å². The van der Waals surface area contributed by atoms with Crippen LogP contribution in [0.2, 0.25) is 13.1 Å². The van der Waals surface area contributed by atoms with Gasteiger partial charge in [-0.25, -0.2) is 4.39 Å². The van der Waals surface area contributed by atoms with Crippen molar-refractivity contribution in [1.29, 1.82) is 0 Å². The summed E-state index contributed by atoms with van der Waals surface area (Å²) in [4.78, 5) is 0. The zero-order valence-electron chi connectivity index (χ0n) is 10.2. The first kappa shape index (κ1) is 14.8. The van der Waals surface area contributed by atoms with Crippen LogP contribution in [0, 0.1) is 5.82 Å². The summed E-state index contributed by atoms with van der Waals surface area (Å²) in [7, 11) is -1.09. The predicted molar refractivity (Wildman–Crippen MR) is 63.6 cm³/mol. The van der Waals surface area contributed by atoms with Gasteiger partial charge in [0.2, 0.25) is 0 Å². The number of allylic oxidation sites excluding steroid dienone is 1. The first-order valence-corrected chi connectivity index (χ1v) is 7.68. The molecule has 18 heavy (non-hydrogen) atoms. The van der Waals surface area contributed by atoms with Gasteiger partial charge in [0.05, 0.1) is 5.56 Å². The minimum Gasteiger partial charge on any atom is -0.542 e. The Morgan fingerprint density at radius 3 is 2.33 bits per heavy atom. The fourth-order valence-corrected chi connectivity index (χ4v) is 2.08. The molecule has 0 bridgehead atoms. The Hall–Kier alpha value is -1.30. The van der Waals surface area contributed by atoms with Crippen LogP contribution in [-0.2, 0) is 10.6 Å². The molecule has 0 unspecified atom stereocenters. The van der Waals surface area contributed by atoms with Crippen LogP contribution >= 0.6 is 0 Å². The van der Waals surface area contributed by atoms with Crippen molar-refractivity contribution >= 4 is 14.8 Å². The maximum absolute atomic E-state index is 13.1. The molecule has 99 valence electrons. The topological polar surface area (TPSA) is 9.23 Å². The standard InChI is InChI=1S/C12H13F4OSi/c1-4-11(17-18(2)3)8-5-6-10(13)9(7-8)12(14,15)16/h4-7H,1-3H3. The highest BCUT2D eigenvalue weighted by atomic mass is 28.3. The van der Waals surface area contributed by atoms with Gasteiger partial charge in [0.1, 0.15) is 11.6 Å². The maximum Gasteiger partial charge on any atom is 0.419 e. The molecule has 0 N–H and O–H groups in total. The van der Waals surface area contributed by atoms with Crippen molar-refractivity contribution in [2.24, 2.45) is 0 Å². The highest BCUT2D eigenvalue weighted by Gasteiger charge is 2.34. The average Bonchev–Trinajstić information content (AvgIpc) is 2.25. The van der Waals surface area contributed by atoms with E-state index in [4.69, 9.17) is 4.43 Å². The van der Waals surface area contributed by atoms with Crippen molar-refractivity contribution in [3.8, 4) is 0 Å². The van der Waals surface area contributed by atoms with Crippen molar-refractivity contribution in [3.05, 3.63) is 41.2 Å². The Labute approximate surface area is 105 Å². The van der Waals surface area contributed by atoms with E-state index in [0.29, 0.717) is 5.76 Å². The van der Waals surface area contributed by atoms with E-state index >= 15 is 0 Å². The molecule has 0 aromatic heterocycles. The van der Waals surface area contributed by atoms with E-state index in [1.165, 1.54) is 6.07 Å². The lowest BCUT2D eigenvalue weighted by Crippen LogP contribution is -2.10. The summed E-state index contributed by atoms with van der Waals surface area (Å²) in [5, 5.41) is 0. The molecule has 0 spiro atoms. The van der Waals surface area contributed by atoms with Crippen LogP contribution in [0.3, 0.4) is 0 Å². The van der Waals surface area contributed by atoms with Crippen molar-refractivity contribution in [2.45, 2.75) is 26.2 Å². The van der Waals surface area contributed by atoms with Gasteiger partial charge < -0.3 is 4.43 Å². The molecule has 0 heterocycles. The van der Waals surface area contributed by atoms with Crippen LogP contribution in [0.5, 0.6) is 0 Å². The van der Waals surface area contributed by atoms with Crippen LogP contribution in [0.15, 0.2) is 24.3 Å². The van der Waals surface area contributed by atoms with Crippen molar-refractivity contribution in [2.75, 3.05) is 0 Å². The molecule has 0 atom stereocenters. The van der Waals surface area contributed by atoms with Gasteiger partial charge in [0.25, 0.3) is 9.04 Å². The lowest BCUT2D eigenvalue weighted by atomic mass is 10.1. The monoisotopic (exact) mass is 277 g/mol. The predicted octanol–water partition coefficient (Wildman–Crippen LogP) is 4.47. The van der Waals surface area contributed by atoms with E-state index < -0.39 is 26.6 Å². The summed E-state index contributed by atoms with van der Waals surface area (Å²) in [5.74, 6) is -0.931. The number of alkyl halides is 3. The van der Waals surface area contributed by atoms with Crippen LogP contribution in [0.1, 0.15) is 18.1 Å². The highest BCUT2D eigenvalue weighted by molar-refractivity contribution is 6.49. The largest absolute Gasteiger partial charge is 0.542 e. The second kappa shape index (κ2) is 5.56. The number of benzene rings is 1. The van der Waals surface area contributed by atoms with Crippen molar-refractivity contribution < 1.29 is 22.0 Å². The molecule has 0 aliphatic carbocycles. The highest BCUT2D eigenvalue weighted by Crippen LogP contribution is 2.33. The molecule has 0 fully saturated rings. The molecule has 0 aliphatic heterocycles. The zero-order valence-corrected chi connectivity index (χ0v) is 11.2. The Morgan fingerprint density at radius 1 is 1.28 bits per heavy atom. The van der Waals surface area contributed by atoms with Crippen LogP contribution in [0.4, 0.5) is 17.6 Å². The molecular weight excluding hydrogens is 264 g/mol. The first-order chi connectivity index (χ1) is 8.25. The summed E-state index contributed by atoms with van der Waals surface area (Å²) < 4.78 is 56.3. The third kappa shape index (κ3) is 3.59. The Kier molecular flexibility index (Phi) is 4.56. The molecular formula is C12H13F4OSi. The number of hydrogen-bond donors (Lipinski definition) is 0. The molecule has 0 saturated carbocycles. The van der Waals surface area contributed by atoms with E-state index in [0.717, 1.165) is 12.1 Å². The summed E-state index contributed by atoms with van der Waals surface area (Å²) in [5.41, 5.74) is -1.04. The quantitative estimate of drug-likeness (QED) is 0.450. The molecule has 1 rings (SSSR count). The third-order valence-electron chi connectivity index (χ3n) is 2.13. The van der Waals surface area contributed by atoms with E-state index in [1.54, 1.807) is 13.0 Å². The van der Waals surface area contributed by atoms with E-state index in [-0.39, 0.29) is 5.56 Å². The van der Waals surface area contributed by atoms with E-state index in [9.17, 15) is 17.6 Å². The zero-order chi connectivity index (χ0) is 13.9. The lowest BCUT2D eigenvalue weighted by Gasteiger charge is -2.15. The molecule has 1 aromatic rings. The third-order valence-corrected chi connectivity index (χ3v) is 2.76. The molecule has 1 aromatic carbocycles. The van der Waals surface area contributed by atoms with Crippen molar-refractivity contribution in [3.63, 3.8) is 0 Å². The second-order valence-electron chi connectivity index (χ2n) is 3.86. The Bertz CT molecular complexity index is 452. The van der Waals surface area contributed by atoms with Gasteiger partial charge in [-0.1, -0.05) is 0 Å². The van der Waals surface area contributed by atoms with Crippen LogP contribution < -0.4 is 0 Å². The second-order valence-corrected chi connectivity index (χ2v) is 5.88. The van der Waals surface area contributed by atoms with Crippen molar-refractivity contribution in [1.82, 2.24) is 0 Å². The Morgan fingerprint density at radius 2 is 1.89 bits per heavy atom. The molecule has 1 radical (unpaired) electrons. The first-order valence-electron chi connectivity index (χ1n) is 5.27. The van der Waals surface area contributed by atoms with Gasteiger partial charge in [-0.05, 0) is 44.3 Å². The summed E-state index contributed by atoms with van der Waals surface area (Å²) in [6.45, 7) is 5.39. The van der Waals surface area contributed by atoms with E-state index in [2.05, 4.69) is 0 Å². The van der Waals surface area contributed by atoms with Gasteiger partial charge in [-0.3, -0.25) is 0 Å². The lowest BCUT2D eigenvalue weighted by molar-refractivity contribution is -0.140. The van der Waals surface area contributed by atoms with Crippen LogP contribution in [0.25, 0.3) is 5.76 Å². The molecule has 6 heteroatoms. The summed E-state index contributed by atoms with van der Waals surface area (Å²) in [6.07, 6.45) is -3.13. The van der Waals surface area contributed by atoms with Crippen LogP contribution in [-0.4, -0.2) is 9.04 Å². The normalized spacial score (nSPS) is 13.0. The van der Waals surface area contributed by atoms with Gasteiger partial charge in [-0.2, -0.15) is 13.2 Å². The maximum atomic E-state index is 13.1. The fraction of sp³-hybridized carbons (Fsp3) is 0.333. The average molecular weight is 277 g/mol. The minimum atomic E-state index is -4.70. The number of hydrogen-bond acceptors (Lipinski definition) is 1. The SMILES string of the molecule is CC=C(O[Si](C)C)c1ccc(F)c(C(F)(F)F)c1. The summed E-state index contributed by atoms with van der Waals surface area (Å²) in [6, 6.07) is 2.86. The van der Waals surface area contributed by atoms with Gasteiger partial charge in [0.15, 0.2) is 0 Å². The number of rotatable bonds is 3. The number of halogens is 4. The summed E-state index contributed by atoms with van der Waals surface area (Å²) >= 11 is 0. The van der Waals surface area contributed by atoms with Gasteiger partial charge in [0, 0.05) is 5.56 Å². The molecule has 0 aliphatic rings.